The fourth-order valence-corrected chi connectivity index (χ4v) is 1.59. The van der Waals surface area contributed by atoms with Gasteiger partial charge in [-0.2, -0.15) is 5.26 Å². The summed E-state index contributed by atoms with van der Waals surface area (Å²) in [6.45, 7) is 1.61. The van der Waals surface area contributed by atoms with E-state index >= 15 is 0 Å². The second-order valence-corrected chi connectivity index (χ2v) is 3.58. The lowest BCUT2D eigenvalue weighted by Crippen LogP contribution is -1.93. The van der Waals surface area contributed by atoms with E-state index in [1.165, 1.54) is 18.3 Å². The van der Waals surface area contributed by atoms with Crippen molar-refractivity contribution in [3.05, 3.63) is 53.4 Å². The van der Waals surface area contributed by atoms with Crippen molar-refractivity contribution in [2.45, 2.75) is 6.92 Å². The fraction of sp³-hybridized carbons (Fsp3) is 0.0769. The molecule has 1 aromatic heterocycles. The maximum Gasteiger partial charge on any atom is 0.176 e. The van der Waals surface area contributed by atoms with Crippen LogP contribution in [0, 0.1) is 29.9 Å². The van der Waals surface area contributed by atoms with Gasteiger partial charge in [0, 0.05) is 11.8 Å². The van der Waals surface area contributed by atoms with Gasteiger partial charge in [0.2, 0.25) is 0 Å². The van der Waals surface area contributed by atoms with Gasteiger partial charge in [-0.15, -0.1) is 0 Å². The molecule has 0 unspecified atom stereocenters. The zero-order valence-corrected chi connectivity index (χ0v) is 9.04. The molecule has 0 fully saturated rings. The normalized spacial score (nSPS) is 10.0. The maximum absolute atomic E-state index is 13.4. The van der Waals surface area contributed by atoms with Crippen molar-refractivity contribution in [1.82, 2.24) is 4.98 Å². The quantitative estimate of drug-likeness (QED) is 0.754. The van der Waals surface area contributed by atoms with Crippen LogP contribution in [0.1, 0.15) is 11.3 Å². The highest BCUT2D eigenvalue weighted by atomic mass is 19.1. The third kappa shape index (κ3) is 2.00. The van der Waals surface area contributed by atoms with Crippen molar-refractivity contribution in [3.63, 3.8) is 0 Å². The molecule has 0 aliphatic carbocycles. The molecule has 0 radical (unpaired) electrons. The standard InChI is InChI=1S/C13H8F2N2/c1-8-10(3-2-4-11(8)14)9-5-12(15)13(6-16)17-7-9/h2-5,7H,1H3. The number of hydrogen-bond donors (Lipinski definition) is 0. The van der Waals surface area contributed by atoms with Crippen LogP contribution in [0.2, 0.25) is 0 Å². The monoisotopic (exact) mass is 230 g/mol. The summed E-state index contributed by atoms with van der Waals surface area (Å²) >= 11 is 0. The Labute approximate surface area is 97.2 Å². The highest BCUT2D eigenvalue weighted by Gasteiger charge is 2.09. The summed E-state index contributed by atoms with van der Waals surface area (Å²) in [7, 11) is 0. The van der Waals surface area contributed by atoms with Gasteiger partial charge in [-0.05, 0) is 30.2 Å². The highest BCUT2D eigenvalue weighted by molar-refractivity contribution is 5.66. The average Bonchev–Trinajstić information content (AvgIpc) is 2.32. The van der Waals surface area contributed by atoms with E-state index in [0.29, 0.717) is 16.7 Å². The van der Waals surface area contributed by atoms with Gasteiger partial charge in [0.25, 0.3) is 0 Å². The van der Waals surface area contributed by atoms with Crippen LogP contribution >= 0.6 is 0 Å². The second kappa shape index (κ2) is 4.30. The van der Waals surface area contributed by atoms with E-state index in [2.05, 4.69) is 4.98 Å². The number of halogens is 2. The van der Waals surface area contributed by atoms with Crippen LogP contribution in [0.3, 0.4) is 0 Å². The van der Waals surface area contributed by atoms with Crippen LogP contribution < -0.4 is 0 Å². The SMILES string of the molecule is Cc1c(F)cccc1-c1cnc(C#N)c(F)c1. The molecule has 2 nitrogen and oxygen atoms in total. The first-order chi connectivity index (χ1) is 8.13. The van der Waals surface area contributed by atoms with Crippen LogP contribution in [-0.4, -0.2) is 4.98 Å². The maximum atomic E-state index is 13.4. The van der Waals surface area contributed by atoms with Crippen LogP contribution in [0.5, 0.6) is 0 Å². The van der Waals surface area contributed by atoms with Gasteiger partial charge in [0.05, 0.1) is 0 Å². The number of pyridine rings is 1. The van der Waals surface area contributed by atoms with Gasteiger partial charge >= 0.3 is 0 Å². The molecular weight excluding hydrogens is 222 g/mol. The predicted octanol–water partition coefficient (Wildman–Crippen LogP) is 3.21. The van der Waals surface area contributed by atoms with Gasteiger partial charge in [-0.1, -0.05) is 12.1 Å². The average molecular weight is 230 g/mol. The Morgan fingerprint density at radius 2 is 2.00 bits per heavy atom. The minimum Gasteiger partial charge on any atom is -0.242 e. The molecule has 0 spiro atoms. The first kappa shape index (κ1) is 11.2. The van der Waals surface area contributed by atoms with E-state index in [1.807, 2.05) is 0 Å². The summed E-state index contributed by atoms with van der Waals surface area (Å²) in [6, 6.07) is 7.40. The van der Waals surface area contributed by atoms with Gasteiger partial charge in [-0.25, -0.2) is 13.8 Å². The number of hydrogen-bond acceptors (Lipinski definition) is 2. The van der Waals surface area contributed by atoms with Crippen LogP contribution in [-0.2, 0) is 0 Å². The summed E-state index contributed by atoms with van der Waals surface area (Å²) in [5, 5.41) is 8.57. The molecule has 1 aromatic carbocycles. The molecule has 0 amide bonds. The van der Waals surface area contributed by atoms with Gasteiger partial charge in [0.15, 0.2) is 11.5 Å². The van der Waals surface area contributed by atoms with E-state index in [1.54, 1.807) is 25.1 Å². The molecule has 2 aromatic rings. The molecule has 0 aliphatic heterocycles. The van der Waals surface area contributed by atoms with Crippen molar-refractivity contribution in [2.75, 3.05) is 0 Å². The topological polar surface area (TPSA) is 36.7 Å². The third-order valence-corrected chi connectivity index (χ3v) is 2.53. The Morgan fingerprint density at radius 1 is 1.24 bits per heavy atom. The van der Waals surface area contributed by atoms with E-state index in [-0.39, 0.29) is 11.5 Å². The zero-order chi connectivity index (χ0) is 12.4. The molecule has 84 valence electrons. The number of rotatable bonds is 1. The Bertz CT molecular complexity index is 615. The summed E-state index contributed by atoms with van der Waals surface area (Å²) < 4.78 is 26.7. The Balaban J connectivity index is 2.59. The molecule has 0 saturated carbocycles. The minimum absolute atomic E-state index is 0.261. The van der Waals surface area contributed by atoms with E-state index < -0.39 is 5.82 Å². The van der Waals surface area contributed by atoms with Gasteiger partial charge in [-0.3, -0.25) is 0 Å². The molecule has 17 heavy (non-hydrogen) atoms. The van der Waals surface area contributed by atoms with Crippen molar-refractivity contribution in [3.8, 4) is 17.2 Å². The van der Waals surface area contributed by atoms with Crippen molar-refractivity contribution in [2.24, 2.45) is 0 Å². The smallest absolute Gasteiger partial charge is 0.176 e. The van der Waals surface area contributed by atoms with Gasteiger partial charge in [0.1, 0.15) is 11.9 Å². The molecular formula is C13H8F2N2. The lowest BCUT2D eigenvalue weighted by Gasteiger charge is -2.06. The highest BCUT2D eigenvalue weighted by Crippen LogP contribution is 2.25. The summed E-state index contributed by atoms with van der Waals surface area (Å²) in [4.78, 5) is 3.69. The summed E-state index contributed by atoms with van der Waals surface area (Å²) in [6.07, 6.45) is 1.36. The summed E-state index contributed by atoms with van der Waals surface area (Å²) in [5.41, 5.74) is 1.20. The van der Waals surface area contributed by atoms with Crippen molar-refractivity contribution in [1.29, 1.82) is 5.26 Å². The lowest BCUT2D eigenvalue weighted by molar-refractivity contribution is 0.615. The number of nitrogens with zero attached hydrogens (tertiary/aromatic N) is 2. The number of benzene rings is 1. The van der Waals surface area contributed by atoms with Crippen LogP contribution in [0.4, 0.5) is 8.78 Å². The second-order valence-electron chi connectivity index (χ2n) is 3.58. The molecule has 2 rings (SSSR count). The Hall–Kier alpha value is -2.28. The van der Waals surface area contributed by atoms with Crippen molar-refractivity contribution >= 4 is 0 Å². The Morgan fingerprint density at radius 3 is 2.65 bits per heavy atom. The molecule has 0 bridgehead atoms. The first-order valence-electron chi connectivity index (χ1n) is 4.94. The third-order valence-electron chi connectivity index (χ3n) is 2.53. The zero-order valence-electron chi connectivity index (χ0n) is 9.04. The van der Waals surface area contributed by atoms with Crippen LogP contribution in [0.15, 0.2) is 30.5 Å². The molecule has 1 heterocycles. The van der Waals surface area contributed by atoms with E-state index in [4.69, 9.17) is 5.26 Å². The predicted molar refractivity (Wildman–Crippen MR) is 59.0 cm³/mol. The molecule has 4 heteroatoms. The fourth-order valence-electron chi connectivity index (χ4n) is 1.59. The van der Waals surface area contributed by atoms with E-state index in [0.717, 1.165) is 0 Å². The Kier molecular flexibility index (Phi) is 2.84. The molecule has 0 aliphatic rings. The first-order valence-corrected chi connectivity index (χ1v) is 4.94. The van der Waals surface area contributed by atoms with E-state index in [9.17, 15) is 8.78 Å². The van der Waals surface area contributed by atoms with Crippen molar-refractivity contribution < 1.29 is 8.78 Å². The molecule has 0 N–H and O–H groups in total. The van der Waals surface area contributed by atoms with Gasteiger partial charge < -0.3 is 0 Å². The number of nitriles is 1. The largest absolute Gasteiger partial charge is 0.242 e. The molecule has 0 atom stereocenters. The molecule has 0 saturated heterocycles. The minimum atomic E-state index is -0.700. The number of aromatic nitrogens is 1. The summed E-state index contributed by atoms with van der Waals surface area (Å²) in [5.74, 6) is -1.05. The lowest BCUT2D eigenvalue weighted by atomic mass is 10.0. The van der Waals surface area contributed by atoms with Crippen LogP contribution in [0.25, 0.3) is 11.1 Å².